The molecule has 2 aliphatic rings. The Hall–Kier alpha value is -1.61. The van der Waals surface area contributed by atoms with Crippen LogP contribution in [-0.4, -0.2) is 89.0 Å². The second-order valence-corrected chi connectivity index (χ2v) is 8.19. The summed E-state index contributed by atoms with van der Waals surface area (Å²) in [6, 6.07) is 0. The third kappa shape index (κ3) is 4.56. The first-order chi connectivity index (χ1) is 12.5. The van der Waals surface area contributed by atoms with E-state index in [0.29, 0.717) is 31.3 Å². The van der Waals surface area contributed by atoms with Gasteiger partial charge in [0.2, 0.25) is 5.91 Å². The number of carbonyl (C=O) groups excluding carboxylic acids is 2. The van der Waals surface area contributed by atoms with Crippen LogP contribution in [0, 0.1) is 0 Å². The van der Waals surface area contributed by atoms with E-state index in [9.17, 15) is 9.59 Å². The quantitative estimate of drug-likeness (QED) is 0.619. The van der Waals surface area contributed by atoms with Crippen molar-refractivity contribution >= 4 is 23.6 Å². The monoisotopic (exact) mass is 381 g/mol. The molecule has 1 aromatic rings. The lowest BCUT2D eigenvalue weighted by Gasteiger charge is -2.32. The van der Waals surface area contributed by atoms with Gasteiger partial charge in [0.15, 0.2) is 11.7 Å². The Morgan fingerprint density at radius 1 is 1.23 bits per heavy atom. The van der Waals surface area contributed by atoms with Gasteiger partial charge >= 0.3 is 0 Å². The number of thioether (sulfide) groups is 1. The first-order valence-electron chi connectivity index (χ1n) is 9.37. The Morgan fingerprint density at radius 2 is 1.92 bits per heavy atom. The van der Waals surface area contributed by atoms with Crippen LogP contribution >= 0.6 is 11.8 Å². The molecule has 1 N–H and O–H groups in total. The van der Waals surface area contributed by atoms with E-state index in [1.54, 1.807) is 19.0 Å². The minimum atomic E-state index is 0.140. The number of hydrogen-bond acceptors (Lipinski definition) is 5. The van der Waals surface area contributed by atoms with Crippen molar-refractivity contribution in [3.63, 3.8) is 0 Å². The summed E-state index contributed by atoms with van der Waals surface area (Å²) in [5.74, 6) is 2.32. The van der Waals surface area contributed by atoms with Crippen LogP contribution in [0.5, 0.6) is 0 Å². The molecule has 1 aliphatic heterocycles. The lowest BCUT2D eigenvalue weighted by atomic mass is 10.3. The number of piperazine rings is 1. The van der Waals surface area contributed by atoms with E-state index in [1.165, 1.54) is 29.5 Å². The fourth-order valence-corrected chi connectivity index (χ4v) is 4.10. The average Bonchev–Trinajstić information content (AvgIpc) is 3.40. The number of nitrogens with zero attached hydrogens (tertiary/aromatic N) is 5. The smallest absolute Gasteiger partial charge is 0.277 e. The molecular weight excluding hydrogens is 352 g/mol. The molecule has 1 aromatic heterocycles. The van der Waals surface area contributed by atoms with Gasteiger partial charge in [-0.3, -0.25) is 9.59 Å². The van der Waals surface area contributed by atoms with Gasteiger partial charge in [-0.15, -0.1) is 10.2 Å². The lowest BCUT2D eigenvalue weighted by molar-refractivity contribution is -0.896. The number of amides is 2. The predicted molar refractivity (Wildman–Crippen MR) is 99.2 cm³/mol. The van der Waals surface area contributed by atoms with Crippen LogP contribution < -0.4 is 4.90 Å². The molecule has 2 heterocycles. The van der Waals surface area contributed by atoms with Gasteiger partial charge in [0.25, 0.3) is 5.91 Å². The molecule has 0 spiro atoms. The molecule has 9 heteroatoms. The van der Waals surface area contributed by atoms with Gasteiger partial charge in [0.1, 0.15) is 5.82 Å². The van der Waals surface area contributed by atoms with E-state index >= 15 is 0 Å². The highest BCUT2D eigenvalue weighted by Crippen LogP contribution is 2.39. The maximum Gasteiger partial charge on any atom is 0.277 e. The maximum atomic E-state index is 12.5. The summed E-state index contributed by atoms with van der Waals surface area (Å²) < 4.78 is 2.14. The van der Waals surface area contributed by atoms with Crippen LogP contribution in [-0.2, 0) is 16.1 Å². The molecule has 0 atom stereocenters. The highest BCUT2D eigenvalue weighted by atomic mass is 32.2. The minimum Gasteiger partial charge on any atom is -0.344 e. The van der Waals surface area contributed by atoms with Crippen molar-refractivity contribution < 1.29 is 14.5 Å². The van der Waals surface area contributed by atoms with Gasteiger partial charge in [-0.1, -0.05) is 11.8 Å². The molecule has 3 rings (SSSR count). The summed E-state index contributed by atoms with van der Waals surface area (Å²) in [7, 11) is 3.56. The molecule has 2 amide bonds. The fourth-order valence-electron chi connectivity index (χ4n) is 3.19. The van der Waals surface area contributed by atoms with Gasteiger partial charge < -0.3 is 19.3 Å². The molecule has 8 nitrogen and oxygen atoms in total. The molecule has 1 saturated carbocycles. The Kier molecular flexibility index (Phi) is 6.18. The largest absolute Gasteiger partial charge is 0.344 e. The molecule has 0 bridgehead atoms. The molecule has 2 fully saturated rings. The molecular formula is C17H29N6O2S+. The molecule has 144 valence electrons. The number of hydrogen-bond donors (Lipinski definition) is 1. The van der Waals surface area contributed by atoms with Gasteiger partial charge in [-0.25, -0.2) is 0 Å². The standard InChI is InChI=1S/C17H28N6O2S/c1-4-23-16(13-5-6-13)18-19-17(23)26-12-15(25)22-9-7-21(8-10-22)11-14(24)20(2)3/h13H,4-12H2,1-3H3/p+1. The van der Waals surface area contributed by atoms with Crippen molar-refractivity contribution in [3.05, 3.63) is 5.82 Å². The summed E-state index contributed by atoms with van der Waals surface area (Å²) in [5, 5.41) is 9.46. The Bertz CT molecular complexity index is 650. The zero-order chi connectivity index (χ0) is 18.7. The SMILES string of the molecule is CCn1c(SCC(=O)N2CC[NH+](CC(=O)N(C)C)CC2)nnc1C1CC1. The maximum absolute atomic E-state index is 12.5. The zero-order valence-corrected chi connectivity index (χ0v) is 16.7. The first-order valence-corrected chi connectivity index (χ1v) is 10.4. The van der Waals surface area contributed by atoms with Crippen molar-refractivity contribution in [2.75, 3.05) is 52.6 Å². The van der Waals surface area contributed by atoms with E-state index in [1.807, 2.05) is 4.90 Å². The molecule has 0 unspecified atom stereocenters. The van der Waals surface area contributed by atoms with Crippen LogP contribution in [0.2, 0.25) is 0 Å². The second-order valence-electron chi connectivity index (χ2n) is 7.24. The summed E-state index contributed by atoms with van der Waals surface area (Å²) in [6.45, 7) is 6.52. The van der Waals surface area contributed by atoms with Gasteiger partial charge in [0, 0.05) is 26.6 Å². The number of quaternary nitrogens is 1. The normalized spacial score (nSPS) is 18.2. The lowest BCUT2D eigenvalue weighted by Crippen LogP contribution is -3.15. The van der Waals surface area contributed by atoms with Crippen molar-refractivity contribution in [3.8, 4) is 0 Å². The summed E-state index contributed by atoms with van der Waals surface area (Å²) in [6.07, 6.45) is 2.40. The van der Waals surface area contributed by atoms with Crippen molar-refractivity contribution in [1.29, 1.82) is 0 Å². The van der Waals surface area contributed by atoms with Gasteiger partial charge in [-0.2, -0.15) is 0 Å². The fraction of sp³-hybridized carbons (Fsp3) is 0.765. The first kappa shape index (κ1) is 19.2. The van der Waals surface area contributed by atoms with Crippen LogP contribution in [0.15, 0.2) is 5.16 Å². The summed E-state index contributed by atoms with van der Waals surface area (Å²) in [4.78, 5) is 29.1. The van der Waals surface area contributed by atoms with Crippen molar-refractivity contribution in [2.24, 2.45) is 0 Å². The van der Waals surface area contributed by atoms with E-state index in [-0.39, 0.29) is 11.8 Å². The van der Waals surface area contributed by atoms with E-state index in [0.717, 1.165) is 30.6 Å². The van der Waals surface area contributed by atoms with E-state index in [2.05, 4.69) is 21.7 Å². The van der Waals surface area contributed by atoms with Crippen LogP contribution in [0.3, 0.4) is 0 Å². The molecule has 1 aliphatic carbocycles. The highest BCUT2D eigenvalue weighted by molar-refractivity contribution is 7.99. The van der Waals surface area contributed by atoms with Crippen LogP contribution in [0.4, 0.5) is 0 Å². The van der Waals surface area contributed by atoms with Gasteiger partial charge in [0.05, 0.1) is 31.9 Å². The molecule has 0 aromatic carbocycles. The Balaban J connectivity index is 1.45. The van der Waals surface area contributed by atoms with E-state index in [4.69, 9.17) is 0 Å². The summed E-state index contributed by atoms with van der Waals surface area (Å²) in [5.41, 5.74) is 0. The van der Waals surface area contributed by atoms with Crippen molar-refractivity contribution in [2.45, 2.75) is 37.4 Å². The number of nitrogens with one attached hydrogen (secondary N) is 1. The van der Waals surface area contributed by atoms with Crippen LogP contribution in [0.1, 0.15) is 31.5 Å². The minimum absolute atomic E-state index is 0.140. The predicted octanol–water partition coefficient (Wildman–Crippen LogP) is -0.917. The zero-order valence-electron chi connectivity index (χ0n) is 15.9. The molecule has 1 saturated heterocycles. The average molecular weight is 382 g/mol. The molecule has 26 heavy (non-hydrogen) atoms. The third-order valence-electron chi connectivity index (χ3n) is 5.05. The van der Waals surface area contributed by atoms with Crippen LogP contribution in [0.25, 0.3) is 0 Å². The second kappa shape index (κ2) is 8.39. The topological polar surface area (TPSA) is 75.8 Å². The third-order valence-corrected chi connectivity index (χ3v) is 6.00. The van der Waals surface area contributed by atoms with Crippen molar-refractivity contribution in [1.82, 2.24) is 24.6 Å². The number of carbonyl (C=O) groups is 2. The number of likely N-dealkylation sites (N-methyl/N-ethyl adjacent to an activating group) is 1. The van der Waals surface area contributed by atoms with E-state index < -0.39 is 0 Å². The highest BCUT2D eigenvalue weighted by Gasteiger charge is 2.30. The molecule has 0 radical (unpaired) electrons. The van der Waals surface area contributed by atoms with Gasteiger partial charge in [-0.05, 0) is 19.8 Å². The Morgan fingerprint density at radius 3 is 2.50 bits per heavy atom. The number of aromatic nitrogens is 3. The summed E-state index contributed by atoms with van der Waals surface area (Å²) >= 11 is 1.49. The Labute approximate surface area is 158 Å². The number of rotatable bonds is 7.